The van der Waals surface area contributed by atoms with Crippen molar-refractivity contribution in [2.75, 3.05) is 27.4 Å². The number of carbonyl (C=O) groups is 2. The Bertz CT molecular complexity index is 1480. The van der Waals surface area contributed by atoms with Gasteiger partial charge in [0.25, 0.3) is 0 Å². The first-order valence-corrected chi connectivity index (χ1v) is 29.0. The van der Waals surface area contributed by atoms with Gasteiger partial charge >= 0.3 is 125 Å². The predicted molar refractivity (Wildman–Crippen MR) is 244 cm³/mol. The fourth-order valence-electron chi connectivity index (χ4n) is 6.76. The number of esters is 2. The molecule has 2 aromatic carbocycles. The molecule has 1 N–H and O–H groups in total. The Morgan fingerprint density at radius 1 is 0.833 bits per heavy atom. The fourth-order valence-corrected chi connectivity index (χ4v) is 19.8. The summed E-state index contributed by atoms with van der Waals surface area (Å²) < 4.78 is 34.1. The normalized spacial score (nSPS) is 15.8. The van der Waals surface area contributed by atoms with E-state index in [4.69, 9.17) is 23.3 Å². The number of hydrogen-bond donors (Lipinski definition) is 1. The van der Waals surface area contributed by atoms with E-state index in [0.717, 1.165) is 61.0 Å². The summed E-state index contributed by atoms with van der Waals surface area (Å²) in [5, 5.41) is 0. The molecule has 0 saturated heterocycles. The van der Waals surface area contributed by atoms with Crippen molar-refractivity contribution in [2.45, 2.75) is 135 Å². The van der Waals surface area contributed by atoms with Crippen LogP contribution in [0.3, 0.4) is 0 Å². The van der Waals surface area contributed by atoms with Gasteiger partial charge in [0.05, 0.1) is 38.8 Å². The molecule has 1 heterocycles. The molecular weight excluding hydrogens is 1020 g/mol. The minimum absolute atomic E-state index is 0. The fraction of sp³-hybridized carbons (Fsp3) is 0.619. The maximum atomic E-state index is 11.9. The molecule has 7 nitrogen and oxygen atoms in total. The molecule has 3 aliphatic rings. The zero-order valence-corrected chi connectivity index (χ0v) is 42.9. The van der Waals surface area contributed by atoms with Crippen molar-refractivity contribution in [1.82, 2.24) is 0 Å². The molecule has 12 heteroatoms. The maximum absolute atomic E-state index is 11.9. The molecular formula is C42H63AlBI2NO6Sn. The molecule has 54 heavy (non-hydrogen) atoms. The third-order valence-electron chi connectivity index (χ3n) is 10.4. The van der Waals surface area contributed by atoms with Gasteiger partial charge in [-0.25, -0.2) is 0 Å². The summed E-state index contributed by atoms with van der Waals surface area (Å²) >= 11 is 5.20. The van der Waals surface area contributed by atoms with Crippen LogP contribution >= 0.6 is 45.2 Å². The Kier molecular flexibility index (Phi) is 23.8. The summed E-state index contributed by atoms with van der Waals surface area (Å²) in [6.45, 7) is 18.3. The van der Waals surface area contributed by atoms with Crippen molar-refractivity contribution in [3.63, 3.8) is 0 Å². The molecule has 0 atom stereocenters. The quantitative estimate of drug-likeness (QED) is 0.0779. The molecule has 0 aromatic heterocycles. The Morgan fingerprint density at radius 3 is 1.67 bits per heavy atom. The van der Waals surface area contributed by atoms with E-state index in [2.05, 4.69) is 92.4 Å². The van der Waals surface area contributed by atoms with Gasteiger partial charge in [-0.3, -0.25) is 9.59 Å². The second-order valence-corrected chi connectivity index (χ2v) is 27.5. The molecule has 1 aliphatic heterocycles. The van der Waals surface area contributed by atoms with Crippen LogP contribution < -0.4 is 9.47 Å². The van der Waals surface area contributed by atoms with Crippen LogP contribution in [0.2, 0.25) is 13.3 Å². The van der Waals surface area contributed by atoms with Crippen LogP contribution in [0.5, 0.6) is 11.5 Å². The number of hydrogen-bond acceptors (Lipinski definition) is 7. The molecule has 5 rings (SSSR count). The third-order valence-corrected chi connectivity index (χ3v) is 22.5. The second-order valence-electron chi connectivity index (χ2n) is 15.3. The molecule has 0 amide bonds. The average Bonchev–Trinajstić information content (AvgIpc) is 4.09. The first-order valence-electron chi connectivity index (χ1n) is 19.2. The molecule has 2 aromatic rings. The Balaban J connectivity index is 0.000000401. The van der Waals surface area contributed by atoms with Gasteiger partial charge in [-0.2, -0.15) is 0 Å². The van der Waals surface area contributed by atoms with E-state index in [1.165, 1.54) is 58.3 Å². The molecule has 4 radical (unpaired) electrons. The Hall–Kier alpha value is -0.624. The van der Waals surface area contributed by atoms with Gasteiger partial charge in [-0.1, -0.05) is 32.6 Å². The summed E-state index contributed by atoms with van der Waals surface area (Å²) in [7, 11) is 2.91. The van der Waals surface area contributed by atoms with Gasteiger partial charge in [0.15, 0.2) is 0 Å². The van der Waals surface area contributed by atoms with Crippen molar-refractivity contribution in [1.29, 1.82) is 4.35 Å². The summed E-state index contributed by atoms with van der Waals surface area (Å²) in [5.41, 5.74) is 3.50. The Morgan fingerprint density at radius 2 is 1.28 bits per heavy atom. The summed E-state index contributed by atoms with van der Waals surface area (Å²) in [5.74, 6) is 1.56. The van der Waals surface area contributed by atoms with Crippen LogP contribution in [0.1, 0.15) is 122 Å². The molecule has 0 spiro atoms. The van der Waals surface area contributed by atoms with Crippen LogP contribution in [-0.2, 0) is 35.3 Å². The van der Waals surface area contributed by atoms with Crippen LogP contribution in [0.4, 0.5) is 0 Å². The molecule has 2 fully saturated rings. The van der Waals surface area contributed by atoms with Crippen molar-refractivity contribution in [3.8, 4) is 11.5 Å². The number of carbonyl (C=O) groups excluding carboxylic acids is 2. The van der Waals surface area contributed by atoms with E-state index in [1.807, 2.05) is 31.2 Å². The van der Waals surface area contributed by atoms with Crippen LogP contribution in [0.25, 0.3) is 0 Å². The topological polar surface area (TPSA) is 94.9 Å². The number of rotatable bonds is 16. The zero-order valence-electron chi connectivity index (χ0n) is 34.1. The zero-order chi connectivity index (χ0) is 39.8. The van der Waals surface area contributed by atoms with Crippen molar-refractivity contribution < 1.29 is 28.5 Å². The second kappa shape index (κ2) is 25.0. The van der Waals surface area contributed by atoms with Gasteiger partial charge in [0, 0.05) is 19.4 Å². The standard InChI is InChI=1S/C15H16I2O3.C15H18O3.3C4H9.Al.B.HN.Sn.H/c1-9(2)8-20-13-11(16)6-10(7-12(13)17)15(4-5-15)14(18)19-3;1-14(2)9-18-12-5-4-10(8-11(12)14)15(6-7-15)13(16)17-3;3*1-3-4-2;;;;;/h6-7H,1,4-5,8H2,2-3H3;4-5,8H,6-7,9H2,1-3H3;3*1,3-4H2,2H3;;;1H;;. The van der Waals surface area contributed by atoms with Gasteiger partial charge in [0.1, 0.15) is 18.1 Å². The molecule has 2 saturated carbocycles. The molecule has 0 bridgehead atoms. The summed E-state index contributed by atoms with van der Waals surface area (Å²) in [6.07, 6.45) is 12.4. The summed E-state index contributed by atoms with van der Waals surface area (Å²) in [6, 6.07) is 10.2. The number of methoxy groups -OCH3 is 2. The van der Waals surface area contributed by atoms with Crippen molar-refractivity contribution in [2.24, 2.45) is 0 Å². The van der Waals surface area contributed by atoms with Crippen LogP contribution in [-0.4, -0.2) is 83.6 Å². The van der Waals surface area contributed by atoms with E-state index in [0.29, 0.717) is 13.2 Å². The van der Waals surface area contributed by atoms with Gasteiger partial charge in [-0.15, -0.1) is 0 Å². The third kappa shape index (κ3) is 14.3. The van der Waals surface area contributed by atoms with E-state index >= 15 is 0 Å². The van der Waals surface area contributed by atoms with E-state index in [-0.39, 0.29) is 31.2 Å². The number of nitrogens with one attached hydrogen (secondary N) is 1. The molecule has 0 unspecified atom stereocenters. The number of benzene rings is 2. The van der Waals surface area contributed by atoms with E-state index in [1.54, 1.807) is 29.4 Å². The number of halogens is 2. The van der Waals surface area contributed by atoms with Crippen LogP contribution in [0.15, 0.2) is 42.5 Å². The van der Waals surface area contributed by atoms with E-state index in [9.17, 15) is 9.59 Å². The number of ether oxygens (including phenoxy) is 4. The molecule has 296 valence electrons. The minimum atomic E-state index is -0.967. The first-order chi connectivity index (χ1) is 25.2. The van der Waals surface area contributed by atoms with Gasteiger partial charge in [0.2, 0.25) is 0 Å². The Labute approximate surface area is 371 Å². The molecule has 2 aliphatic carbocycles. The van der Waals surface area contributed by atoms with Crippen molar-refractivity contribution in [3.05, 3.63) is 66.3 Å². The SMILES string of the molecule is C=C(C)COc1c(I)cc(C2(C(=O)OC)CC2)cc1I.CCC[CH2][SnH]([CH2]CCC)[CH2]CCC.COC(=O)C1(c2ccc3c(c2)C(C)(C)CO3)CC1.[B].[NH]=[Al]. The first kappa shape index (κ1) is 51.4. The van der Waals surface area contributed by atoms with Crippen molar-refractivity contribution >= 4 is 101 Å². The van der Waals surface area contributed by atoms with Gasteiger partial charge < -0.3 is 18.9 Å². The average molecular weight is 1090 g/mol. The predicted octanol–water partition coefficient (Wildman–Crippen LogP) is 10.8. The van der Waals surface area contributed by atoms with E-state index < -0.39 is 25.2 Å². The van der Waals surface area contributed by atoms with Crippen LogP contribution in [0, 0.1) is 11.5 Å². The number of fused-ring (bicyclic) bond motifs is 1. The summed E-state index contributed by atoms with van der Waals surface area (Å²) in [4.78, 5) is 23.9. The monoisotopic (exact) mass is 1090 g/mol. The number of unbranched alkanes of at least 4 members (excludes halogenated alkanes) is 3. The van der Waals surface area contributed by atoms with Gasteiger partial charge in [-0.05, 0) is 113 Å².